The van der Waals surface area contributed by atoms with E-state index in [1.807, 2.05) is 12.2 Å². The molecule has 1 aliphatic rings. The minimum Gasteiger partial charge on any atom is -0.489 e. The number of Topliss-reactive ketones (excluding diaryl/α,β-unsaturated/α-hetero) is 2. The average molecular weight is 334 g/mol. The van der Waals surface area contributed by atoms with Crippen LogP contribution in [-0.4, -0.2) is 37.5 Å². The van der Waals surface area contributed by atoms with Crippen molar-refractivity contribution in [1.82, 2.24) is 0 Å². The first-order chi connectivity index (χ1) is 11.6. The van der Waals surface area contributed by atoms with Gasteiger partial charge in [0.1, 0.15) is 0 Å². The fourth-order valence-corrected chi connectivity index (χ4v) is 2.52. The van der Waals surface area contributed by atoms with Crippen LogP contribution >= 0.6 is 0 Å². The van der Waals surface area contributed by atoms with Crippen LogP contribution in [0.2, 0.25) is 0 Å². The molecule has 0 saturated carbocycles. The van der Waals surface area contributed by atoms with Gasteiger partial charge in [-0.1, -0.05) is 24.3 Å². The third-order valence-corrected chi connectivity index (χ3v) is 3.85. The van der Waals surface area contributed by atoms with Crippen LogP contribution in [0.4, 0.5) is 0 Å². The van der Waals surface area contributed by atoms with Crippen LogP contribution in [0, 0.1) is 0 Å². The van der Waals surface area contributed by atoms with Gasteiger partial charge < -0.3 is 14.6 Å². The Bertz CT molecular complexity index is 579. The molecule has 0 amide bonds. The summed E-state index contributed by atoms with van der Waals surface area (Å²) in [7, 11) is 2.73. The van der Waals surface area contributed by atoms with Gasteiger partial charge in [0.05, 0.1) is 20.8 Å². The highest BCUT2D eigenvalue weighted by molar-refractivity contribution is 6.23. The van der Waals surface area contributed by atoms with Gasteiger partial charge in [-0.15, -0.1) is 0 Å². The molecule has 0 aromatic carbocycles. The maximum absolute atomic E-state index is 12.4. The number of unbranched alkanes of at least 4 members (excludes halogenated alkanes) is 2. The maximum Gasteiger partial charge on any atom is 0.228 e. The van der Waals surface area contributed by atoms with E-state index >= 15 is 0 Å². The number of carbonyl (C=O) groups is 2. The summed E-state index contributed by atoms with van der Waals surface area (Å²) in [6, 6.07) is 0. The second kappa shape index (κ2) is 10.6. The molecule has 1 aliphatic carbocycles. The number of hydrogen-bond donors (Lipinski definition) is 1. The number of carbonyl (C=O) groups excluding carboxylic acids is 2. The van der Waals surface area contributed by atoms with E-state index < -0.39 is 0 Å². The summed E-state index contributed by atoms with van der Waals surface area (Å²) in [5.41, 5.74) is 0.967. The predicted octanol–water partition coefficient (Wildman–Crippen LogP) is 3.01. The van der Waals surface area contributed by atoms with E-state index in [9.17, 15) is 9.59 Å². The first-order valence-electron chi connectivity index (χ1n) is 8.10. The molecule has 1 rings (SSSR count). The average Bonchev–Trinajstić information content (AvgIpc) is 2.58. The molecule has 0 heterocycles. The smallest absolute Gasteiger partial charge is 0.228 e. The van der Waals surface area contributed by atoms with Crippen LogP contribution in [0.15, 0.2) is 47.0 Å². The lowest BCUT2D eigenvalue weighted by molar-refractivity contribution is -0.121. The van der Waals surface area contributed by atoms with Crippen LogP contribution in [0.25, 0.3) is 0 Å². The van der Waals surface area contributed by atoms with Gasteiger partial charge in [-0.05, 0) is 39.0 Å². The molecule has 5 heteroatoms. The number of aliphatic hydroxyl groups excluding tert-OH is 1. The summed E-state index contributed by atoms with van der Waals surface area (Å²) in [5.74, 6) is -0.545. The lowest BCUT2D eigenvalue weighted by Gasteiger charge is -2.20. The Balaban J connectivity index is 2.53. The first-order valence-corrected chi connectivity index (χ1v) is 8.10. The van der Waals surface area contributed by atoms with Crippen LogP contribution < -0.4 is 0 Å². The first kappa shape index (κ1) is 19.9. The minimum atomic E-state index is -0.278. The highest BCUT2D eigenvalue weighted by atomic mass is 16.5. The normalized spacial score (nSPS) is 16.0. The lowest BCUT2D eigenvalue weighted by atomic mass is 9.89. The number of methoxy groups -OCH3 is 2. The van der Waals surface area contributed by atoms with Crippen molar-refractivity contribution in [2.45, 2.75) is 39.0 Å². The van der Waals surface area contributed by atoms with E-state index in [4.69, 9.17) is 14.6 Å². The van der Waals surface area contributed by atoms with E-state index in [1.165, 1.54) is 14.2 Å². The van der Waals surface area contributed by atoms with E-state index in [0.29, 0.717) is 17.6 Å². The summed E-state index contributed by atoms with van der Waals surface area (Å²) in [6.07, 6.45) is 11.8. The van der Waals surface area contributed by atoms with Gasteiger partial charge >= 0.3 is 0 Å². The fraction of sp³-hybridized carbons (Fsp3) is 0.474. The predicted molar refractivity (Wildman–Crippen MR) is 92.2 cm³/mol. The molecule has 24 heavy (non-hydrogen) atoms. The van der Waals surface area contributed by atoms with Crippen molar-refractivity contribution in [3.63, 3.8) is 0 Å². The molecule has 0 aromatic heterocycles. The van der Waals surface area contributed by atoms with E-state index in [1.54, 1.807) is 13.0 Å². The molecule has 0 spiro atoms. The Kier molecular flexibility index (Phi) is 8.79. The monoisotopic (exact) mass is 334 g/mol. The largest absolute Gasteiger partial charge is 0.489 e. The molecule has 5 nitrogen and oxygen atoms in total. The van der Waals surface area contributed by atoms with Crippen molar-refractivity contribution in [2.75, 3.05) is 20.8 Å². The summed E-state index contributed by atoms with van der Waals surface area (Å²) in [4.78, 5) is 24.7. The number of ketones is 2. The fourth-order valence-electron chi connectivity index (χ4n) is 2.52. The van der Waals surface area contributed by atoms with Gasteiger partial charge in [-0.25, -0.2) is 0 Å². The number of rotatable bonds is 10. The van der Waals surface area contributed by atoms with Gasteiger partial charge in [-0.3, -0.25) is 9.59 Å². The van der Waals surface area contributed by atoms with E-state index in [-0.39, 0.29) is 29.7 Å². The van der Waals surface area contributed by atoms with Crippen molar-refractivity contribution in [3.8, 4) is 0 Å². The van der Waals surface area contributed by atoms with Gasteiger partial charge in [0.15, 0.2) is 0 Å². The minimum absolute atomic E-state index is 0.00123. The van der Waals surface area contributed by atoms with Crippen molar-refractivity contribution in [1.29, 1.82) is 0 Å². The number of ether oxygens (including phenoxy) is 2. The van der Waals surface area contributed by atoms with Gasteiger partial charge in [0.2, 0.25) is 23.1 Å². The molecule has 0 unspecified atom stereocenters. The molecular weight excluding hydrogens is 308 g/mol. The third kappa shape index (κ3) is 5.20. The Morgan fingerprint density at radius 3 is 2.17 bits per heavy atom. The second-order valence-electron chi connectivity index (χ2n) is 5.44. The molecule has 1 N–H and O–H groups in total. The third-order valence-electron chi connectivity index (χ3n) is 3.85. The Labute approximate surface area is 143 Å². The number of hydrogen-bond acceptors (Lipinski definition) is 5. The van der Waals surface area contributed by atoms with E-state index in [2.05, 4.69) is 6.08 Å². The molecule has 0 fully saturated rings. The van der Waals surface area contributed by atoms with Crippen molar-refractivity contribution in [2.24, 2.45) is 0 Å². The van der Waals surface area contributed by atoms with Crippen molar-refractivity contribution >= 4 is 11.6 Å². The summed E-state index contributed by atoms with van der Waals surface area (Å²) in [5, 5.41) is 8.61. The zero-order valence-electron chi connectivity index (χ0n) is 14.6. The zero-order valence-corrected chi connectivity index (χ0v) is 14.6. The summed E-state index contributed by atoms with van der Waals surface area (Å²) < 4.78 is 10.1. The molecule has 0 radical (unpaired) electrons. The molecule has 0 bridgehead atoms. The van der Waals surface area contributed by atoms with Crippen molar-refractivity contribution in [3.05, 3.63) is 47.0 Å². The standard InChI is InChI=1S/C19H26O5/c1-14-15(12-10-8-6-4-5-7-9-11-13-20)17(22)19(24-3)18(23-2)16(14)21/h4-5,9,11,20H,6-8,10,12-13H2,1-3H3/b5-4+,11-9+. The molecule has 0 aliphatic heterocycles. The van der Waals surface area contributed by atoms with E-state index in [0.717, 1.165) is 25.7 Å². The molecule has 0 atom stereocenters. The van der Waals surface area contributed by atoms with Gasteiger partial charge in [0.25, 0.3) is 0 Å². The SMILES string of the molecule is COC1=C(OC)C(=O)C(CCCC/C=C/C/C=C/CO)=C(C)C1=O. The van der Waals surface area contributed by atoms with Crippen LogP contribution in [0.5, 0.6) is 0 Å². The molecule has 0 aromatic rings. The van der Waals surface area contributed by atoms with Crippen LogP contribution in [0.1, 0.15) is 39.0 Å². The second-order valence-corrected chi connectivity index (χ2v) is 5.44. The Hall–Kier alpha value is -2.14. The molecule has 132 valence electrons. The summed E-state index contributed by atoms with van der Waals surface area (Å²) in [6.45, 7) is 1.73. The quantitative estimate of drug-likeness (QED) is 0.378. The Morgan fingerprint density at radius 2 is 1.54 bits per heavy atom. The van der Waals surface area contributed by atoms with Crippen LogP contribution in [-0.2, 0) is 19.1 Å². The topological polar surface area (TPSA) is 72.8 Å². The van der Waals surface area contributed by atoms with Gasteiger partial charge in [0, 0.05) is 11.1 Å². The highest BCUT2D eigenvalue weighted by Gasteiger charge is 2.34. The van der Waals surface area contributed by atoms with Gasteiger partial charge in [-0.2, -0.15) is 0 Å². The molecule has 0 saturated heterocycles. The lowest BCUT2D eigenvalue weighted by Crippen LogP contribution is -2.25. The number of allylic oxidation sites excluding steroid dienone is 5. The summed E-state index contributed by atoms with van der Waals surface area (Å²) >= 11 is 0. The van der Waals surface area contributed by atoms with Crippen molar-refractivity contribution < 1.29 is 24.2 Å². The highest BCUT2D eigenvalue weighted by Crippen LogP contribution is 2.28. The maximum atomic E-state index is 12.4. The van der Waals surface area contributed by atoms with Crippen LogP contribution in [0.3, 0.4) is 0 Å². The Morgan fingerprint density at radius 1 is 0.917 bits per heavy atom. The molecular formula is C19H26O5. The number of aliphatic hydroxyl groups is 1. The zero-order chi connectivity index (χ0) is 17.9.